The molecule has 0 aliphatic carbocycles. The van der Waals surface area contributed by atoms with Crippen molar-refractivity contribution in [1.82, 2.24) is 23.9 Å². The number of nitrogens with zero attached hydrogens (tertiary/aromatic N) is 5. The van der Waals surface area contributed by atoms with E-state index in [1.54, 1.807) is 18.6 Å². The van der Waals surface area contributed by atoms with E-state index in [1.165, 1.54) is 12.5 Å². The molecule has 0 aromatic carbocycles. The summed E-state index contributed by atoms with van der Waals surface area (Å²) in [4.78, 5) is 34.2. The Labute approximate surface area is 180 Å². The third kappa shape index (κ3) is 3.95. The maximum absolute atomic E-state index is 13.2. The number of hydrogen-bond acceptors (Lipinski definition) is 5. The number of fused-ring (bicyclic) bond motifs is 4. The summed E-state index contributed by atoms with van der Waals surface area (Å²) < 4.78 is 9.07. The minimum absolute atomic E-state index is 0.00961. The zero-order chi connectivity index (χ0) is 21.4. The Hall–Kier alpha value is -3.13. The fourth-order valence-corrected chi connectivity index (χ4v) is 4.92. The van der Waals surface area contributed by atoms with Crippen molar-refractivity contribution < 1.29 is 9.21 Å². The van der Waals surface area contributed by atoms with Crippen molar-refractivity contribution in [3.8, 4) is 0 Å². The summed E-state index contributed by atoms with van der Waals surface area (Å²) in [5, 5.41) is 0. The Morgan fingerprint density at radius 2 is 2.16 bits per heavy atom. The van der Waals surface area contributed by atoms with E-state index in [1.807, 2.05) is 33.3 Å². The van der Waals surface area contributed by atoms with E-state index in [0.717, 1.165) is 30.8 Å². The second-order valence-electron chi connectivity index (χ2n) is 8.76. The zero-order valence-corrected chi connectivity index (χ0v) is 17.7. The molecule has 8 nitrogen and oxygen atoms in total. The Kier molecular flexibility index (Phi) is 5.23. The third-order valence-corrected chi connectivity index (χ3v) is 6.48. The van der Waals surface area contributed by atoms with E-state index in [4.69, 9.17) is 4.42 Å². The molecule has 1 saturated heterocycles. The van der Waals surface area contributed by atoms with Crippen LogP contribution in [0.15, 0.2) is 58.7 Å². The Morgan fingerprint density at radius 3 is 2.94 bits per heavy atom. The van der Waals surface area contributed by atoms with Gasteiger partial charge in [-0.15, -0.1) is 0 Å². The van der Waals surface area contributed by atoms with Crippen molar-refractivity contribution in [3.05, 3.63) is 76.6 Å². The van der Waals surface area contributed by atoms with Crippen LogP contribution in [-0.2, 0) is 19.6 Å². The summed E-state index contributed by atoms with van der Waals surface area (Å²) in [6.07, 6.45) is 9.58. The van der Waals surface area contributed by atoms with Gasteiger partial charge in [0.15, 0.2) is 0 Å². The molecule has 2 atom stereocenters. The summed E-state index contributed by atoms with van der Waals surface area (Å²) in [6, 6.07) is 5.77. The highest BCUT2D eigenvalue weighted by Crippen LogP contribution is 2.35. The number of aromatic nitrogens is 3. The number of furan rings is 1. The smallest absolute Gasteiger partial charge is 0.257 e. The minimum Gasteiger partial charge on any atom is -0.472 e. The number of hydrogen-bond donors (Lipinski definition) is 0. The second kappa shape index (κ2) is 8.19. The Bertz CT molecular complexity index is 1100. The van der Waals surface area contributed by atoms with Crippen LogP contribution in [0, 0.1) is 5.92 Å². The van der Waals surface area contributed by atoms with Crippen molar-refractivity contribution in [2.45, 2.75) is 32.0 Å². The number of imidazole rings is 1. The molecule has 31 heavy (non-hydrogen) atoms. The summed E-state index contributed by atoms with van der Waals surface area (Å²) in [7, 11) is 2.04. The number of likely N-dealkylation sites (tertiary alicyclic amines) is 1. The summed E-state index contributed by atoms with van der Waals surface area (Å²) in [6.45, 7) is 4.30. The molecule has 0 unspecified atom stereocenters. The fourth-order valence-electron chi connectivity index (χ4n) is 4.92. The molecule has 162 valence electrons. The molecule has 3 aromatic heterocycles. The Morgan fingerprint density at radius 1 is 1.26 bits per heavy atom. The second-order valence-corrected chi connectivity index (χ2v) is 8.76. The lowest BCUT2D eigenvalue weighted by atomic mass is 9.82. The molecule has 0 saturated carbocycles. The molecule has 3 aromatic rings. The van der Waals surface area contributed by atoms with Crippen LogP contribution in [0.5, 0.6) is 0 Å². The molecule has 2 bridgehead atoms. The molecule has 1 fully saturated rings. The molecule has 0 N–H and O–H groups in total. The van der Waals surface area contributed by atoms with Gasteiger partial charge in [0.2, 0.25) is 0 Å². The Balaban J connectivity index is 1.30. The number of likely N-dealkylation sites (N-methyl/N-ethyl adjacent to an activating group) is 1. The maximum Gasteiger partial charge on any atom is 0.257 e. The molecule has 0 radical (unpaired) electrons. The van der Waals surface area contributed by atoms with Crippen molar-refractivity contribution in [2.24, 2.45) is 5.92 Å². The van der Waals surface area contributed by atoms with Crippen LogP contribution in [0.4, 0.5) is 0 Å². The van der Waals surface area contributed by atoms with E-state index in [2.05, 4.69) is 16.0 Å². The van der Waals surface area contributed by atoms with E-state index in [0.29, 0.717) is 37.7 Å². The zero-order valence-electron chi connectivity index (χ0n) is 17.7. The van der Waals surface area contributed by atoms with Gasteiger partial charge in [-0.2, -0.15) is 0 Å². The minimum atomic E-state index is 0.00961. The fraction of sp³-hybridized carbons (Fsp3) is 0.435. The van der Waals surface area contributed by atoms with Crippen LogP contribution in [0.2, 0.25) is 0 Å². The van der Waals surface area contributed by atoms with Gasteiger partial charge in [0, 0.05) is 68.8 Å². The molecule has 5 rings (SSSR count). The van der Waals surface area contributed by atoms with Gasteiger partial charge in [0.05, 0.1) is 18.2 Å². The van der Waals surface area contributed by atoms with Crippen molar-refractivity contribution in [3.63, 3.8) is 0 Å². The molecule has 0 spiro atoms. The molecular formula is C23H27N5O3. The first-order valence-corrected chi connectivity index (χ1v) is 10.8. The van der Waals surface area contributed by atoms with Gasteiger partial charge in [0.1, 0.15) is 6.26 Å². The summed E-state index contributed by atoms with van der Waals surface area (Å²) >= 11 is 0. The van der Waals surface area contributed by atoms with Gasteiger partial charge < -0.3 is 23.4 Å². The first kappa shape index (κ1) is 19.8. The van der Waals surface area contributed by atoms with Crippen molar-refractivity contribution >= 4 is 5.91 Å². The number of rotatable bonds is 6. The van der Waals surface area contributed by atoms with Crippen LogP contribution < -0.4 is 5.56 Å². The van der Waals surface area contributed by atoms with E-state index in [-0.39, 0.29) is 17.4 Å². The van der Waals surface area contributed by atoms with Gasteiger partial charge in [-0.05, 0) is 31.5 Å². The highest BCUT2D eigenvalue weighted by molar-refractivity contribution is 5.94. The molecule has 1 amide bonds. The highest BCUT2D eigenvalue weighted by atomic mass is 16.3. The average molecular weight is 422 g/mol. The van der Waals surface area contributed by atoms with E-state index in [9.17, 15) is 9.59 Å². The standard InChI is InChI=1S/C23H27N5O3/c1-25(7-8-26-6-5-24-16-26)13-18-2-3-21-20-10-17(12-28(21)23(18)30)11-27(14-20)22(29)19-4-9-31-15-19/h2-6,9,15-17,20H,7-8,10-14H2,1H3/t17-,20+/m0/s1. The molecule has 2 aliphatic rings. The van der Waals surface area contributed by atoms with Gasteiger partial charge >= 0.3 is 0 Å². The number of carbonyl (C=O) groups is 1. The highest BCUT2D eigenvalue weighted by Gasteiger charge is 2.37. The summed E-state index contributed by atoms with van der Waals surface area (Å²) in [5.41, 5.74) is 2.57. The van der Waals surface area contributed by atoms with Crippen LogP contribution in [0.3, 0.4) is 0 Å². The number of carbonyl (C=O) groups excluding carboxylic acids is 1. The topological polar surface area (TPSA) is 76.5 Å². The van der Waals surface area contributed by atoms with E-state index >= 15 is 0 Å². The molecular weight excluding hydrogens is 394 g/mol. The summed E-state index contributed by atoms with van der Waals surface area (Å²) in [5.74, 6) is 0.508. The van der Waals surface area contributed by atoms with Crippen molar-refractivity contribution in [2.75, 3.05) is 26.7 Å². The van der Waals surface area contributed by atoms with Gasteiger partial charge in [-0.1, -0.05) is 6.07 Å². The van der Waals surface area contributed by atoms with Gasteiger partial charge in [-0.25, -0.2) is 4.98 Å². The van der Waals surface area contributed by atoms with Crippen LogP contribution in [0.1, 0.15) is 34.0 Å². The number of pyridine rings is 1. The first-order chi connectivity index (χ1) is 15.1. The quantitative estimate of drug-likeness (QED) is 0.609. The lowest BCUT2D eigenvalue weighted by Crippen LogP contribution is -2.49. The SMILES string of the molecule is CN(CCn1ccnc1)Cc1ccc2n(c1=O)C[C@H]1C[C@@H]2CN(C(=O)c2ccoc2)C1. The van der Waals surface area contributed by atoms with E-state index < -0.39 is 0 Å². The molecule has 8 heteroatoms. The van der Waals surface area contributed by atoms with Gasteiger partial charge in [0.25, 0.3) is 11.5 Å². The normalized spacial score (nSPS) is 20.1. The van der Waals surface area contributed by atoms with Crippen LogP contribution in [0.25, 0.3) is 0 Å². The predicted molar refractivity (Wildman–Crippen MR) is 115 cm³/mol. The maximum atomic E-state index is 13.2. The van der Waals surface area contributed by atoms with Gasteiger partial charge in [-0.3, -0.25) is 9.59 Å². The monoisotopic (exact) mass is 421 g/mol. The predicted octanol–water partition coefficient (Wildman–Crippen LogP) is 2.03. The molecule has 2 aliphatic heterocycles. The first-order valence-electron chi connectivity index (χ1n) is 10.8. The van der Waals surface area contributed by atoms with Crippen LogP contribution in [-0.4, -0.2) is 56.5 Å². The lowest BCUT2D eigenvalue weighted by Gasteiger charge is -2.42. The lowest BCUT2D eigenvalue weighted by molar-refractivity contribution is 0.0593. The molecule has 5 heterocycles. The van der Waals surface area contributed by atoms with Crippen molar-refractivity contribution in [1.29, 1.82) is 0 Å². The van der Waals surface area contributed by atoms with Crippen LogP contribution >= 0.6 is 0 Å². The number of amides is 1. The third-order valence-electron chi connectivity index (χ3n) is 6.48. The average Bonchev–Trinajstić information content (AvgIpc) is 3.48. The largest absolute Gasteiger partial charge is 0.472 e. The number of piperidine rings is 1.